The van der Waals surface area contributed by atoms with Crippen LogP contribution in [0.25, 0.3) is 22.8 Å². The fraction of sp³-hybridized carbons (Fsp3) is 0.190. The summed E-state index contributed by atoms with van der Waals surface area (Å²) in [4.78, 5) is 15.1. The van der Waals surface area contributed by atoms with Crippen LogP contribution in [0.3, 0.4) is 0 Å². The Bertz CT molecular complexity index is 1170. The molecule has 0 aliphatic rings. The van der Waals surface area contributed by atoms with E-state index in [9.17, 15) is 4.79 Å². The van der Waals surface area contributed by atoms with Crippen LogP contribution in [0.1, 0.15) is 11.4 Å². The second-order valence-electron chi connectivity index (χ2n) is 6.74. The van der Waals surface area contributed by atoms with Crippen LogP contribution in [0.5, 0.6) is 0 Å². The van der Waals surface area contributed by atoms with Gasteiger partial charge in [-0.15, -0.1) is 10.2 Å². The molecule has 4 rings (SSSR count). The van der Waals surface area contributed by atoms with Gasteiger partial charge < -0.3 is 4.90 Å². The minimum atomic E-state index is -0.0559. The fourth-order valence-corrected chi connectivity index (χ4v) is 3.22. The van der Waals surface area contributed by atoms with Crippen molar-refractivity contribution in [2.75, 3.05) is 14.1 Å². The Morgan fingerprint density at radius 1 is 1.00 bits per heavy atom. The average Bonchev–Trinajstić information content (AvgIpc) is 3.08. The van der Waals surface area contributed by atoms with Crippen LogP contribution in [0.2, 0.25) is 0 Å². The van der Waals surface area contributed by atoms with Gasteiger partial charge in [0.15, 0.2) is 5.82 Å². The van der Waals surface area contributed by atoms with E-state index in [1.54, 1.807) is 4.57 Å². The van der Waals surface area contributed by atoms with Crippen LogP contribution in [0.15, 0.2) is 65.5 Å². The molecule has 0 bridgehead atoms. The van der Waals surface area contributed by atoms with Crippen molar-refractivity contribution in [3.8, 4) is 0 Å². The van der Waals surface area contributed by atoms with E-state index >= 15 is 0 Å². The lowest BCUT2D eigenvalue weighted by Gasteiger charge is -2.12. The standard InChI is InChI=1S/C21H21N5O/c1-24(2)15-19-22-23-21-25(14-8-11-16-9-4-3-5-10-16)20(27)17-12-6-7-13-18(17)26(19)21/h3-13H,14-15H2,1-2H3. The first kappa shape index (κ1) is 17.2. The maximum atomic E-state index is 13.1. The SMILES string of the molecule is CN(C)Cc1nnc2n(CC=Cc3ccccc3)c(=O)c3ccccc3n12. The first-order valence-electron chi connectivity index (χ1n) is 8.87. The third-order valence-electron chi connectivity index (χ3n) is 4.43. The third-order valence-corrected chi connectivity index (χ3v) is 4.43. The lowest BCUT2D eigenvalue weighted by atomic mass is 10.2. The molecule has 0 aliphatic carbocycles. The molecular weight excluding hydrogens is 338 g/mol. The van der Waals surface area contributed by atoms with E-state index in [0.29, 0.717) is 24.3 Å². The molecule has 6 nitrogen and oxygen atoms in total. The van der Waals surface area contributed by atoms with Gasteiger partial charge in [-0.25, -0.2) is 0 Å². The van der Waals surface area contributed by atoms with Crippen LogP contribution in [-0.4, -0.2) is 38.2 Å². The van der Waals surface area contributed by atoms with E-state index in [4.69, 9.17) is 0 Å². The van der Waals surface area contributed by atoms with Crippen molar-refractivity contribution in [3.05, 3.63) is 82.4 Å². The zero-order valence-corrected chi connectivity index (χ0v) is 15.4. The van der Waals surface area contributed by atoms with Gasteiger partial charge in [-0.3, -0.25) is 13.8 Å². The lowest BCUT2D eigenvalue weighted by Crippen LogP contribution is -2.23. The van der Waals surface area contributed by atoms with Gasteiger partial charge in [-0.2, -0.15) is 0 Å². The van der Waals surface area contributed by atoms with E-state index in [0.717, 1.165) is 16.9 Å². The van der Waals surface area contributed by atoms with Crippen LogP contribution < -0.4 is 5.56 Å². The summed E-state index contributed by atoms with van der Waals surface area (Å²) in [7, 11) is 3.98. The van der Waals surface area contributed by atoms with Crippen molar-refractivity contribution in [1.82, 2.24) is 24.1 Å². The summed E-state index contributed by atoms with van der Waals surface area (Å²) in [5.74, 6) is 1.38. The van der Waals surface area contributed by atoms with E-state index in [2.05, 4.69) is 10.2 Å². The molecule has 0 unspecified atom stereocenters. The van der Waals surface area contributed by atoms with Gasteiger partial charge in [-0.05, 0) is 31.8 Å². The second-order valence-corrected chi connectivity index (χ2v) is 6.74. The maximum absolute atomic E-state index is 13.1. The summed E-state index contributed by atoms with van der Waals surface area (Å²) in [5.41, 5.74) is 1.87. The van der Waals surface area contributed by atoms with E-state index in [1.807, 2.05) is 90.1 Å². The zero-order valence-electron chi connectivity index (χ0n) is 15.4. The molecule has 136 valence electrons. The lowest BCUT2D eigenvalue weighted by molar-refractivity contribution is 0.389. The third kappa shape index (κ3) is 3.27. The molecule has 4 aromatic rings. The highest BCUT2D eigenvalue weighted by Crippen LogP contribution is 2.15. The quantitative estimate of drug-likeness (QED) is 0.550. The van der Waals surface area contributed by atoms with Crippen LogP contribution in [0, 0.1) is 0 Å². The molecule has 27 heavy (non-hydrogen) atoms. The highest BCUT2D eigenvalue weighted by Gasteiger charge is 2.15. The van der Waals surface area contributed by atoms with Crippen LogP contribution >= 0.6 is 0 Å². The number of allylic oxidation sites excluding steroid dienone is 1. The van der Waals surface area contributed by atoms with E-state index < -0.39 is 0 Å². The predicted octanol–water partition coefficient (Wildman–Crippen LogP) is 2.82. The smallest absolute Gasteiger partial charge is 0.263 e. The average molecular weight is 359 g/mol. The normalized spacial score (nSPS) is 12.0. The Labute approximate surface area is 157 Å². The molecule has 0 spiro atoms. The summed E-state index contributed by atoms with van der Waals surface area (Å²) < 4.78 is 3.65. The molecule has 0 amide bonds. The molecule has 0 saturated heterocycles. The molecule has 0 aliphatic heterocycles. The van der Waals surface area contributed by atoms with Crippen LogP contribution in [0.4, 0.5) is 0 Å². The highest BCUT2D eigenvalue weighted by molar-refractivity contribution is 5.80. The van der Waals surface area contributed by atoms with Gasteiger partial charge in [-0.1, -0.05) is 54.6 Å². The predicted molar refractivity (Wildman–Crippen MR) is 108 cm³/mol. The topological polar surface area (TPSA) is 55.4 Å². The zero-order chi connectivity index (χ0) is 18.8. The monoisotopic (exact) mass is 359 g/mol. The first-order valence-corrected chi connectivity index (χ1v) is 8.87. The number of aromatic nitrogens is 4. The van der Waals surface area contributed by atoms with Crippen molar-refractivity contribution in [3.63, 3.8) is 0 Å². The Balaban J connectivity index is 1.86. The van der Waals surface area contributed by atoms with Gasteiger partial charge in [0, 0.05) is 6.54 Å². The Morgan fingerprint density at radius 3 is 2.52 bits per heavy atom. The van der Waals surface area contributed by atoms with Crippen LogP contribution in [-0.2, 0) is 13.1 Å². The minimum absolute atomic E-state index is 0.0559. The molecular formula is C21H21N5O. The van der Waals surface area contributed by atoms with Crippen molar-refractivity contribution in [1.29, 1.82) is 0 Å². The largest absolute Gasteiger partial charge is 0.302 e. The molecule has 2 aromatic heterocycles. The maximum Gasteiger partial charge on any atom is 0.263 e. The summed E-state index contributed by atoms with van der Waals surface area (Å²) >= 11 is 0. The number of nitrogens with zero attached hydrogens (tertiary/aromatic N) is 5. The molecule has 0 saturated carbocycles. The molecule has 0 fully saturated rings. The number of rotatable bonds is 5. The number of fused-ring (bicyclic) bond motifs is 3. The highest BCUT2D eigenvalue weighted by atomic mass is 16.1. The molecule has 2 heterocycles. The van der Waals surface area contributed by atoms with Gasteiger partial charge in [0.25, 0.3) is 5.56 Å². The Kier molecular flexibility index (Phi) is 4.56. The molecule has 6 heteroatoms. The Hall–Kier alpha value is -3.25. The van der Waals surface area contributed by atoms with Gasteiger partial charge in [0.1, 0.15) is 0 Å². The van der Waals surface area contributed by atoms with Crippen molar-refractivity contribution >= 4 is 22.8 Å². The number of para-hydroxylation sites is 1. The molecule has 0 radical (unpaired) electrons. The number of benzene rings is 2. The van der Waals surface area contributed by atoms with Crippen molar-refractivity contribution < 1.29 is 0 Å². The summed E-state index contributed by atoms with van der Waals surface area (Å²) in [6.07, 6.45) is 3.99. The van der Waals surface area contributed by atoms with Gasteiger partial charge in [0.2, 0.25) is 5.78 Å². The van der Waals surface area contributed by atoms with Gasteiger partial charge in [0.05, 0.1) is 17.4 Å². The second kappa shape index (κ2) is 7.17. The minimum Gasteiger partial charge on any atom is -0.302 e. The number of hydrogen-bond donors (Lipinski definition) is 0. The summed E-state index contributed by atoms with van der Waals surface area (Å²) in [6, 6.07) is 17.6. The molecule has 2 aromatic carbocycles. The van der Waals surface area contributed by atoms with E-state index in [-0.39, 0.29) is 5.56 Å². The molecule has 0 atom stereocenters. The molecule has 0 N–H and O–H groups in total. The Morgan fingerprint density at radius 2 is 1.74 bits per heavy atom. The fourth-order valence-electron chi connectivity index (χ4n) is 3.22. The first-order chi connectivity index (χ1) is 13.1. The summed E-state index contributed by atoms with van der Waals surface area (Å²) in [5, 5.41) is 9.33. The summed E-state index contributed by atoms with van der Waals surface area (Å²) in [6.45, 7) is 1.07. The van der Waals surface area contributed by atoms with Crippen molar-refractivity contribution in [2.45, 2.75) is 13.1 Å². The van der Waals surface area contributed by atoms with E-state index in [1.165, 1.54) is 0 Å². The van der Waals surface area contributed by atoms with Gasteiger partial charge >= 0.3 is 0 Å². The van der Waals surface area contributed by atoms with Crippen molar-refractivity contribution in [2.24, 2.45) is 0 Å². The number of hydrogen-bond acceptors (Lipinski definition) is 4.